The third-order valence-corrected chi connectivity index (χ3v) is 5.57. The molecular formula is C21H30N4O2. The summed E-state index contributed by atoms with van der Waals surface area (Å²) in [7, 11) is 0. The molecule has 0 atom stereocenters. The maximum absolute atomic E-state index is 12.2. The average molecular weight is 370 g/mol. The van der Waals surface area contributed by atoms with Crippen LogP contribution in [0.3, 0.4) is 0 Å². The van der Waals surface area contributed by atoms with E-state index in [0.717, 1.165) is 51.2 Å². The van der Waals surface area contributed by atoms with Gasteiger partial charge in [-0.25, -0.2) is 9.78 Å². The molecule has 0 bridgehead atoms. The van der Waals surface area contributed by atoms with Crippen LogP contribution in [0, 0.1) is 5.92 Å². The van der Waals surface area contributed by atoms with Gasteiger partial charge < -0.3 is 9.64 Å². The smallest absolute Gasteiger partial charge is 0.410 e. The van der Waals surface area contributed by atoms with Crippen molar-refractivity contribution in [3.8, 4) is 0 Å². The Labute approximate surface area is 161 Å². The van der Waals surface area contributed by atoms with Gasteiger partial charge in [0.2, 0.25) is 0 Å². The van der Waals surface area contributed by atoms with Crippen LogP contribution in [0.5, 0.6) is 0 Å². The van der Waals surface area contributed by atoms with Gasteiger partial charge in [-0.1, -0.05) is 6.07 Å². The SMILES string of the molecule is CC(C)(C)OC(=O)N1CCC(CCN2Cc3cccc4ncc(n34)C2)CC1. The number of hydrogen-bond acceptors (Lipinski definition) is 4. The van der Waals surface area contributed by atoms with Gasteiger partial charge in [0.25, 0.3) is 0 Å². The van der Waals surface area contributed by atoms with Crippen molar-refractivity contribution < 1.29 is 9.53 Å². The lowest BCUT2D eigenvalue weighted by Crippen LogP contribution is -2.42. The lowest BCUT2D eigenvalue weighted by atomic mass is 9.93. The number of amides is 1. The molecule has 1 saturated heterocycles. The molecule has 2 aromatic heterocycles. The van der Waals surface area contributed by atoms with Gasteiger partial charge in [-0.15, -0.1) is 0 Å². The number of hydrogen-bond donors (Lipinski definition) is 0. The number of likely N-dealkylation sites (tertiary alicyclic amines) is 1. The van der Waals surface area contributed by atoms with Crippen LogP contribution in [0.15, 0.2) is 24.4 Å². The number of nitrogens with zero attached hydrogens (tertiary/aromatic N) is 4. The molecule has 0 aromatic carbocycles. The first-order chi connectivity index (χ1) is 12.9. The highest BCUT2D eigenvalue weighted by atomic mass is 16.6. The highest BCUT2D eigenvalue weighted by Crippen LogP contribution is 2.25. The van der Waals surface area contributed by atoms with E-state index in [4.69, 9.17) is 4.74 Å². The standard InChI is InChI=1S/C21H30N4O2/c1-21(2,3)27-20(26)24-11-8-16(9-12-24)7-10-23-14-17-5-4-6-19-22-13-18(15-23)25(17)19/h4-6,13,16H,7-12,14-15H2,1-3H3. The Kier molecular flexibility index (Phi) is 4.84. The van der Waals surface area contributed by atoms with Crippen molar-refractivity contribution >= 4 is 11.7 Å². The minimum atomic E-state index is -0.419. The number of pyridine rings is 1. The van der Waals surface area contributed by atoms with Crippen molar-refractivity contribution in [2.24, 2.45) is 5.92 Å². The van der Waals surface area contributed by atoms with Crippen molar-refractivity contribution in [2.45, 2.75) is 58.7 Å². The summed E-state index contributed by atoms with van der Waals surface area (Å²) >= 11 is 0. The van der Waals surface area contributed by atoms with Crippen LogP contribution in [0.4, 0.5) is 4.79 Å². The van der Waals surface area contributed by atoms with Crippen LogP contribution < -0.4 is 0 Å². The molecule has 0 spiro atoms. The third-order valence-electron chi connectivity index (χ3n) is 5.57. The predicted molar refractivity (Wildman–Crippen MR) is 104 cm³/mol. The van der Waals surface area contributed by atoms with E-state index < -0.39 is 5.60 Å². The molecule has 1 fully saturated rings. The topological polar surface area (TPSA) is 50.1 Å². The summed E-state index contributed by atoms with van der Waals surface area (Å²) in [5, 5.41) is 0. The molecular weight excluding hydrogens is 340 g/mol. The van der Waals surface area contributed by atoms with Crippen LogP contribution in [0.2, 0.25) is 0 Å². The zero-order chi connectivity index (χ0) is 19.0. The van der Waals surface area contributed by atoms with Crippen LogP contribution >= 0.6 is 0 Å². The Morgan fingerprint density at radius 3 is 2.67 bits per heavy atom. The van der Waals surface area contributed by atoms with Crippen LogP contribution in [0.25, 0.3) is 5.65 Å². The van der Waals surface area contributed by atoms with Gasteiger partial charge in [-0.3, -0.25) is 9.30 Å². The van der Waals surface area contributed by atoms with Gasteiger partial charge in [0.1, 0.15) is 11.2 Å². The van der Waals surface area contributed by atoms with E-state index in [1.165, 1.54) is 17.8 Å². The van der Waals surface area contributed by atoms with Crippen molar-refractivity contribution in [3.05, 3.63) is 35.8 Å². The van der Waals surface area contributed by atoms with Gasteiger partial charge in [0, 0.05) is 31.9 Å². The van der Waals surface area contributed by atoms with Crippen LogP contribution in [-0.4, -0.2) is 50.5 Å². The summed E-state index contributed by atoms with van der Waals surface area (Å²) in [5.74, 6) is 0.686. The Balaban J connectivity index is 1.26. The predicted octanol–water partition coefficient (Wildman–Crippen LogP) is 3.69. The molecule has 2 aliphatic rings. The van der Waals surface area contributed by atoms with E-state index in [9.17, 15) is 4.79 Å². The number of rotatable bonds is 3. The fourth-order valence-electron chi connectivity index (χ4n) is 4.18. The summed E-state index contributed by atoms with van der Waals surface area (Å²) in [4.78, 5) is 21.1. The summed E-state index contributed by atoms with van der Waals surface area (Å²) in [6.07, 6.45) is 5.16. The van der Waals surface area contributed by atoms with Gasteiger partial charge >= 0.3 is 6.09 Å². The molecule has 6 heteroatoms. The Bertz CT molecular complexity index is 815. The minimum absolute atomic E-state index is 0.168. The first kappa shape index (κ1) is 18.3. The maximum Gasteiger partial charge on any atom is 0.410 e. The van der Waals surface area contributed by atoms with E-state index in [1.54, 1.807) is 0 Å². The van der Waals surface area contributed by atoms with Crippen LogP contribution in [0.1, 0.15) is 51.4 Å². The zero-order valence-corrected chi connectivity index (χ0v) is 16.6. The third kappa shape index (κ3) is 4.10. The highest BCUT2D eigenvalue weighted by Gasteiger charge is 2.27. The Morgan fingerprint density at radius 1 is 1.19 bits per heavy atom. The second kappa shape index (κ2) is 7.15. The van der Waals surface area contributed by atoms with E-state index in [-0.39, 0.29) is 6.09 Å². The van der Waals surface area contributed by atoms with E-state index >= 15 is 0 Å². The van der Waals surface area contributed by atoms with E-state index in [2.05, 4.69) is 32.5 Å². The second-order valence-corrected chi connectivity index (χ2v) is 8.87. The minimum Gasteiger partial charge on any atom is -0.444 e. The molecule has 146 valence electrons. The molecule has 2 aromatic rings. The molecule has 0 radical (unpaired) electrons. The lowest BCUT2D eigenvalue weighted by Gasteiger charge is -2.34. The number of aromatic nitrogens is 2. The number of carbonyl (C=O) groups excluding carboxylic acids is 1. The summed E-state index contributed by atoms with van der Waals surface area (Å²) in [5.41, 5.74) is 3.24. The monoisotopic (exact) mass is 370 g/mol. The molecule has 0 saturated carbocycles. The molecule has 2 aliphatic heterocycles. The Morgan fingerprint density at radius 2 is 1.93 bits per heavy atom. The summed E-state index contributed by atoms with van der Waals surface area (Å²) in [6.45, 7) is 10.4. The van der Waals surface area contributed by atoms with Crippen molar-refractivity contribution in [1.82, 2.24) is 19.2 Å². The average Bonchev–Trinajstić information content (AvgIpc) is 3.04. The molecule has 0 unspecified atom stereocenters. The second-order valence-electron chi connectivity index (χ2n) is 8.87. The first-order valence-electron chi connectivity index (χ1n) is 10.0. The summed E-state index contributed by atoms with van der Waals surface area (Å²) < 4.78 is 7.78. The number of carbonyl (C=O) groups is 1. The van der Waals surface area contributed by atoms with Crippen molar-refractivity contribution in [2.75, 3.05) is 19.6 Å². The molecule has 4 rings (SSSR count). The fraction of sp³-hybridized carbons (Fsp3) is 0.619. The van der Waals surface area contributed by atoms with Gasteiger partial charge in [0.05, 0.1) is 11.9 Å². The molecule has 6 nitrogen and oxygen atoms in total. The number of imidazole rings is 1. The Hall–Kier alpha value is -2.08. The molecule has 4 heterocycles. The number of ether oxygens (including phenoxy) is 1. The number of piperidine rings is 1. The first-order valence-corrected chi connectivity index (χ1v) is 10.0. The van der Waals surface area contributed by atoms with Crippen LogP contribution in [-0.2, 0) is 17.8 Å². The van der Waals surface area contributed by atoms with Gasteiger partial charge in [-0.2, -0.15) is 0 Å². The van der Waals surface area contributed by atoms with Crippen molar-refractivity contribution in [3.63, 3.8) is 0 Å². The fourth-order valence-corrected chi connectivity index (χ4v) is 4.18. The van der Waals surface area contributed by atoms with E-state index in [0.29, 0.717) is 5.92 Å². The molecule has 0 N–H and O–H groups in total. The molecule has 0 aliphatic carbocycles. The zero-order valence-electron chi connectivity index (χ0n) is 16.6. The van der Waals surface area contributed by atoms with E-state index in [1.807, 2.05) is 31.9 Å². The largest absolute Gasteiger partial charge is 0.444 e. The maximum atomic E-state index is 12.2. The summed E-state index contributed by atoms with van der Waals surface area (Å²) in [6, 6.07) is 6.36. The normalized spacial score (nSPS) is 18.9. The van der Waals surface area contributed by atoms with Gasteiger partial charge in [0.15, 0.2) is 0 Å². The lowest BCUT2D eigenvalue weighted by molar-refractivity contribution is 0.0176. The highest BCUT2D eigenvalue weighted by molar-refractivity contribution is 5.68. The molecule has 27 heavy (non-hydrogen) atoms. The van der Waals surface area contributed by atoms with Crippen molar-refractivity contribution in [1.29, 1.82) is 0 Å². The quantitative estimate of drug-likeness (QED) is 0.827. The van der Waals surface area contributed by atoms with Gasteiger partial charge in [-0.05, 0) is 64.6 Å². The molecule has 1 amide bonds.